The summed E-state index contributed by atoms with van der Waals surface area (Å²) in [6.45, 7) is 1.74. The molecule has 2 heterocycles. The number of nitrogens with zero attached hydrogens (tertiary/aromatic N) is 1. The molecule has 2 aliphatic heterocycles. The van der Waals surface area contributed by atoms with Crippen molar-refractivity contribution in [3.8, 4) is 0 Å². The van der Waals surface area contributed by atoms with Crippen LogP contribution in [0, 0.1) is 0 Å². The van der Waals surface area contributed by atoms with Gasteiger partial charge in [-0.15, -0.1) is 11.8 Å². The summed E-state index contributed by atoms with van der Waals surface area (Å²) in [5.74, 6) is 0.194. The standard InChI is InChI=1S/C15H20N2OS/c1-19-14-5-3-2-4-13(14)15(18)17-9-8-11-6-7-12(10-17)16-11/h2-5,11-12,16H,6-10H2,1H3. The molecule has 3 nitrogen and oxygen atoms in total. The second kappa shape index (κ2) is 5.55. The highest BCUT2D eigenvalue weighted by Crippen LogP contribution is 2.25. The van der Waals surface area contributed by atoms with E-state index < -0.39 is 0 Å². The van der Waals surface area contributed by atoms with Crippen LogP contribution in [0.2, 0.25) is 0 Å². The fraction of sp³-hybridized carbons (Fsp3) is 0.533. The molecular weight excluding hydrogens is 256 g/mol. The highest BCUT2D eigenvalue weighted by atomic mass is 32.2. The number of benzene rings is 1. The maximum Gasteiger partial charge on any atom is 0.255 e. The molecule has 1 aromatic carbocycles. The number of amides is 1. The molecule has 2 saturated heterocycles. The molecule has 102 valence electrons. The molecule has 2 atom stereocenters. The summed E-state index contributed by atoms with van der Waals surface area (Å²) < 4.78 is 0. The first kappa shape index (κ1) is 13.0. The zero-order valence-corrected chi connectivity index (χ0v) is 12.1. The van der Waals surface area contributed by atoms with E-state index in [9.17, 15) is 4.79 Å². The fourth-order valence-corrected chi connectivity index (χ4v) is 3.71. The number of hydrogen-bond donors (Lipinski definition) is 1. The SMILES string of the molecule is CSc1ccccc1C(=O)N1CCC2CCC(C1)N2. The van der Waals surface area contributed by atoms with Crippen LogP contribution in [-0.2, 0) is 0 Å². The monoisotopic (exact) mass is 276 g/mol. The first-order valence-corrected chi connectivity index (χ1v) is 8.18. The topological polar surface area (TPSA) is 32.3 Å². The van der Waals surface area contributed by atoms with E-state index in [0.717, 1.165) is 30.0 Å². The minimum atomic E-state index is 0.194. The lowest BCUT2D eigenvalue weighted by atomic mass is 10.1. The summed E-state index contributed by atoms with van der Waals surface area (Å²) in [7, 11) is 0. The van der Waals surface area contributed by atoms with Crippen LogP contribution in [0.3, 0.4) is 0 Å². The molecule has 4 heteroatoms. The van der Waals surface area contributed by atoms with Crippen LogP contribution in [-0.4, -0.2) is 42.2 Å². The van der Waals surface area contributed by atoms with Crippen LogP contribution in [0.4, 0.5) is 0 Å². The van der Waals surface area contributed by atoms with Gasteiger partial charge in [-0.2, -0.15) is 0 Å². The average Bonchev–Trinajstić information content (AvgIpc) is 2.77. The van der Waals surface area contributed by atoms with Crippen molar-refractivity contribution in [2.75, 3.05) is 19.3 Å². The average molecular weight is 276 g/mol. The molecule has 0 spiro atoms. The third-order valence-corrected chi connectivity index (χ3v) is 4.94. The van der Waals surface area contributed by atoms with E-state index in [1.165, 1.54) is 12.8 Å². The quantitative estimate of drug-likeness (QED) is 0.842. The lowest BCUT2D eigenvalue weighted by molar-refractivity contribution is 0.0744. The Labute approximate surface area is 118 Å². The van der Waals surface area contributed by atoms with Gasteiger partial charge < -0.3 is 10.2 Å². The van der Waals surface area contributed by atoms with Gasteiger partial charge in [0.2, 0.25) is 0 Å². The summed E-state index contributed by atoms with van der Waals surface area (Å²) in [6.07, 6.45) is 5.59. The molecule has 2 fully saturated rings. The maximum atomic E-state index is 12.7. The van der Waals surface area contributed by atoms with Gasteiger partial charge in [-0.05, 0) is 37.7 Å². The lowest BCUT2D eigenvalue weighted by Crippen LogP contribution is -2.39. The molecule has 3 rings (SSSR count). The van der Waals surface area contributed by atoms with E-state index in [1.54, 1.807) is 11.8 Å². The second-order valence-electron chi connectivity index (χ2n) is 5.38. The van der Waals surface area contributed by atoms with E-state index in [1.807, 2.05) is 35.4 Å². The van der Waals surface area contributed by atoms with Gasteiger partial charge in [-0.1, -0.05) is 12.1 Å². The summed E-state index contributed by atoms with van der Waals surface area (Å²) in [4.78, 5) is 15.8. The Hall–Kier alpha value is -1.00. The molecule has 2 aliphatic rings. The highest BCUT2D eigenvalue weighted by molar-refractivity contribution is 7.98. The van der Waals surface area contributed by atoms with Crippen molar-refractivity contribution in [3.63, 3.8) is 0 Å². The maximum absolute atomic E-state index is 12.7. The number of fused-ring (bicyclic) bond motifs is 2. The predicted octanol–water partition coefficient (Wildman–Crippen LogP) is 2.38. The Morgan fingerprint density at radius 1 is 1.26 bits per heavy atom. The Morgan fingerprint density at radius 3 is 2.89 bits per heavy atom. The van der Waals surface area contributed by atoms with Gasteiger partial charge in [-0.25, -0.2) is 0 Å². The smallest absolute Gasteiger partial charge is 0.255 e. The number of nitrogens with one attached hydrogen (secondary N) is 1. The molecule has 0 aromatic heterocycles. The van der Waals surface area contributed by atoms with Crippen LogP contribution in [0.15, 0.2) is 29.2 Å². The van der Waals surface area contributed by atoms with Crippen LogP contribution >= 0.6 is 11.8 Å². The van der Waals surface area contributed by atoms with Gasteiger partial charge >= 0.3 is 0 Å². The van der Waals surface area contributed by atoms with Crippen molar-refractivity contribution in [1.82, 2.24) is 10.2 Å². The van der Waals surface area contributed by atoms with Crippen LogP contribution in [0.5, 0.6) is 0 Å². The predicted molar refractivity (Wildman–Crippen MR) is 78.7 cm³/mol. The van der Waals surface area contributed by atoms with Crippen molar-refractivity contribution in [1.29, 1.82) is 0 Å². The summed E-state index contributed by atoms with van der Waals surface area (Å²) in [5, 5.41) is 3.62. The molecule has 1 aromatic rings. The van der Waals surface area contributed by atoms with Crippen molar-refractivity contribution >= 4 is 17.7 Å². The summed E-state index contributed by atoms with van der Waals surface area (Å²) in [6, 6.07) is 9.05. The van der Waals surface area contributed by atoms with E-state index in [2.05, 4.69) is 5.32 Å². The Kier molecular flexibility index (Phi) is 3.80. The first-order valence-electron chi connectivity index (χ1n) is 6.96. The number of carbonyl (C=O) groups is 1. The third-order valence-electron chi connectivity index (χ3n) is 4.15. The molecule has 2 unspecified atom stereocenters. The largest absolute Gasteiger partial charge is 0.337 e. The van der Waals surface area contributed by atoms with Crippen LogP contribution < -0.4 is 5.32 Å². The molecule has 0 aliphatic carbocycles. The first-order chi connectivity index (χ1) is 9.28. The number of carbonyl (C=O) groups excluding carboxylic acids is 1. The minimum absolute atomic E-state index is 0.194. The zero-order chi connectivity index (χ0) is 13.2. The van der Waals surface area contributed by atoms with E-state index in [4.69, 9.17) is 0 Å². The van der Waals surface area contributed by atoms with Gasteiger partial charge in [0.1, 0.15) is 0 Å². The molecule has 2 bridgehead atoms. The molecule has 0 saturated carbocycles. The highest BCUT2D eigenvalue weighted by Gasteiger charge is 2.31. The van der Waals surface area contributed by atoms with Crippen molar-refractivity contribution < 1.29 is 4.79 Å². The molecular formula is C15H20N2OS. The van der Waals surface area contributed by atoms with Gasteiger partial charge in [0.15, 0.2) is 0 Å². The van der Waals surface area contributed by atoms with E-state index in [0.29, 0.717) is 12.1 Å². The molecule has 0 radical (unpaired) electrons. The summed E-state index contributed by atoms with van der Waals surface area (Å²) in [5.41, 5.74) is 0.854. The molecule has 19 heavy (non-hydrogen) atoms. The fourth-order valence-electron chi connectivity index (χ4n) is 3.12. The Bertz CT molecular complexity index is 477. The van der Waals surface area contributed by atoms with Crippen LogP contribution in [0.1, 0.15) is 29.6 Å². The minimum Gasteiger partial charge on any atom is -0.337 e. The van der Waals surface area contributed by atoms with Crippen molar-refractivity contribution in [2.45, 2.75) is 36.2 Å². The third kappa shape index (κ3) is 2.65. The number of rotatable bonds is 2. The van der Waals surface area contributed by atoms with Crippen molar-refractivity contribution in [2.24, 2.45) is 0 Å². The Morgan fingerprint density at radius 2 is 2.05 bits per heavy atom. The number of hydrogen-bond acceptors (Lipinski definition) is 3. The zero-order valence-electron chi connectivity index (χ0n) is 11.3. The van der Waals surface area contributed by atoms with E-state index in [-0.39, 0.29) is 5.91 Å². The number of likely N-dealkylation sites (tertiary alicyclic amines) is 1. The second-order valence-corrected chi connectivity index (χ2v) is 6.23. The van der Waals surface area contributed by atoms with Gasteiger partial charge in [0.25, 0.3) is 5.91 Å². The molecule has 1 amide bonds. The number of thioether (sulfide) groups is 1. The van der Waals surface area contributed by atoms with Gasteiger partial charge in [0, 0.05) is 30.1 Å². The van der Waals surface area contributed by atoms with Crippen molar-refractivity contribution in [3.05, 3.63) is 29.8 Å². The lowest BCUT2D eigenvalue weighted by Gasteiger charge is -2.25. The van der Waals surface area contributed by atoms with Gasteiger partial charge in [0.05, 0.1) is 5.56 Å². The van der Waals surface area contributed by atoms with Crippen LogP contribution in [0.25, 0.3) is 0 Å². The van der Waals surface area contributed by atoms with E-state index >= 15 is 0 Å². The Balaban J connectivity index is 1.79. The normalized spacial score (nSPS) is 26.3. The molecule has 1 N–H and O–H groups in total. The summed E-state index contributed by atoms with van der Waals surface area (Å²) >= 11 is 1.65. The van der Waals surface area contributed by atoms with Gasteiger partial charge in [-0.3, -0.25) is 4.79 Å².